The molecule has 0 unspecified atom stereocenters. The Morgan fingerprint density at radius 3 is 2.67 bits per heavy atom. The molecular weight excluding hydrogens is 314 g/mol. The summed E-state index contributed by atoms with van der Waals surface area (Å²) >= 11 is 0. The number of aryl methyl sites for hydroxylation is 1. The van der Waals surface area contributed by atoms with Crippen LogP contribution in [0, 0.1) is 0 Å². The van der Waals surface area contributed by atoms with Gasteiger partial charge in [0.2, 0.25) is 0 Å². The van der Waals surface area contributed by atoms with Gasteiger partial charge in [-0.3, -0.25) is 23.7 Å². The Bertz CT molecular complexity index is 1020. The van der Waals surface area contributed by atoms with Crippen molar-refractivity contribution in [3.05, 3.63) is 51.4 Å². The first-order chi connectivity index (χ1) is 11.5. The molecular formula is C14H15N7O3. The zero-order valence-electron chi connectivity index (χ0n) is 13.1. The third-order valence-electron chi connectivity index (χ3n) is 3.65. The maximum Gasteiger partial charge on any atom is 0.332 e. The fourth-order valence-corrected chi connectivity index (χ4v) is 2.36. The van der Waals surface area contributed by atoms with Crippen molar-refractivity contribution >= 4 is 17.1 Å². The van der Waals surface area contributed by atoms with Crippen molar-refractivity contribution in [3.63, 3.8) is 0 Å². The Labute approximate surface area is 135 Å². The van der Waals surface area contributed by atoms with Crippen LogP contribution in [0.1, 0.15) is 10.5 Å². The molecule has 10 nitrogen and oxygen atoms in total. The van der Waals surface area contributed by atoms with Crippen LogP contribution in [-0.4, -0.2) is 41.1 Å². The van der Waals surface area contributed by atoms with E-state index in [1.807, 2.05) is 0 Å². The van der Waals surface area contributed by atoms with Crippen LogP contribution in [0.25, 0.3) is 11.2 Å². The normalized spacial score (nSPS) is 10.9. The molecule has 0 atom stereocenters. The Morgan fingerprint density at radius 1 is 1.17 bits per heavy atom. The molecule has 0 aliphatic heterocycles. The highest BCUT2D eigenvalue weighted by molar-refractivity contribution is 5.91. The summed E-state index contributed by atoms with van der Waals surface area (Å²) in [5, 5.41) is 2.69. The summed E-state index contributed by atoms with van der Waals surface area (Å²) in [5.41, 5.74) is -0.0254. The molecule has 0 radical (unpaired) electrons. The van der Waals surface area contributed by atoms with Gasteiger partial charge in [-0.25, -0.2) is 14.8 Å². The number of fused-ring (bicyclic) bond motifs is 1. The van der Waals surface area contributed by atoms with Crippen molar-refractivity contribution in [2.75, 3.05) is 6.54 Å². The smallest absolute Gasteiger partial charge is 0.332 e. The second-order valence-electron chi connectivity index (χ2n) is 5.16. The van der Waals surface area contributed by atoms with Crippen LogP contribution in [0.3, 0.4) is 0 Å². The van der Waals surface area contributed by atoms with E-state index in [1.54, 1.807) is 11.6 Å². The number of rotatable bonds is 4. The van der Waals surface area contributed by atoms with Gasteiger partial charge in [-0.2, -0.15) is 0 Å². The molecule has 0 aromatic carbocycles. The Kier molecular flexibility index (Phi) is 3.94. The first kappa shape index (κ1) is 15.6. The largest absolute Gasteiger partial charge is 0.349 e. The molecule has 0 aliphatic carbocycles. The van der Waals surface area contributed by atoms with E-state index in [1.165, 1.54) is 36.5 Å². The minimum absolute atomic E-state index is 0.214. The van der Waals surface area contributed by atoms with Crippen molar-refractivity contribution < 1.29 is 4.79 Å². The predicted molar refractivity (Wildman–Crippen MR) is 84.6 cm³/mol. The van der Waals surface area contributed by atoms with E-state index >= 15 is 0 Å². The van der Waals surface area contributed by atoms with Gasteiger partial charge in [0, 0.05) is 39.6 Å². The average molecular weight is 329 g/mol. The third-order valence-corrected chi connectivity index (χ3v) is 3.65. The monoisotopic (exact) mass is 329 g/mol. The number of aromatic nitrogens is 6. The summed E-state index contributed by atoms with van der Waals surface area (Å²) in [4.78, 5) is 47.9. The van der Waals surface area contributed by atoms with Crippen molar-refractivity contribution in [2.24, 2.45) is 14.1 Å². The molecule has 0 fully saturated rings. The van der Waals surface area contributed by atoms with Gasteiger partial charge >= 0.3 is 5.69 Å². The van der Waals surface area contributed by atoms with Crippen LogP contribution < -0.4 is 16.6 Å². The lowest BCUT2D eigenvalue weighted by molar-refractivity contribution is 0.0947. The number of hydrogen-bond donors (Lipinski definition) is 1. The number of carbonyl (C=O) groups excluding carboxylic acids is 1. The summed E-state index contributed by atoms with van der Waals surface area (Å²) in [5.74, 6) is -0.354. The maximum absolute atomic E-state index is 12.3. The Balaban J connectivity index is 1.81. The van der Waals surface area contributed by atoms with Crippen molar-refractivity contribution in [3.8, 4) is 0 Å². The van der Waals surface area contributed by atoms with Crippen molar-refractivity contribution in [1.82, 2.24) is 34.0 Å². The van der Waals surface area contributed by atoms with Gasteiger partial charge < -0.3 is 9.88 Å². The minimum atomic E-state index is -0.436. The van der Waals surface area contributed by atoms with Gasteiger partial charge in [0.15, 0.2) is 11.2 Å². The molecule has 0 aliphatic rings. The van der Waals surface area contributed by atoms with E-state index in [0.717, 1.165) is 4.57 Å². The second-order valence-corrected chi connectivity index (χ2v) is 5.16. The highest BCUT2D eigenvalue weighted by Crippen LogP contribution is 2.04. The Hall–Kier alpha value is -3.30. The lowest BCUT2D eigenvalue weighted by Gasteiger charge is -2.07. The lowest BCUT2D eigenvalue weighted by Crippen LogP contribution is -2.38. The van der Waals surface area contributed by atoms with Gasteiger partial charge in [-0.1, -0.05) is 0 Å². The molecule has 3 aromatic rings. The highest BCUT2D eigenvalue weighted by atomic mass is 16.2. The van der Waals surface area contributed by atoms with E-state index in [4.69, 9.17) is 0 Å². The summed E-state index contributed by atoms with van der Waals surface area (Å²) in [6.45, 7) is 0.600. The maximum atomic E-state index is 12.3. The quantitative estimate of drug-likeness (QED) is 0.633. The Morgan fingerprint density at radius 2 is 1.96 bits per heavy atom. The lowest BCUT2D eigenvalue weighted by atomic mass is 10.4. The van der Waals surface area contributed by atoms with Crippen LogP contribution in [0.2, 0.25) is 0 Å². The van der Waals surface area contributed by atoms with Gasteiger partial charge in [0.25, 0.3) is 11.5 Å². The molecule has 0 saturated carbocycles. The zero-order chi connectivity index (χ0) is 17.3. The molecule has 3 heterocycles. The van der Waals surface area contributed by atoms with E-state index in [-0.39, 0.29) is 18.1 Å². The fourth-order valence-electron chi connectivity index (χ4n) is 2.36. The molecule has 1 amide bonds. The molecule has 3 rings (SSSR count). The molecule has 0 bridgehead atoms. The molecule has 24 heavy (non-hydrogen) atoms. The standard InChI is InChI=1S/C14H15N7O3/c1-19-11-10(13(23)20(2)14(19)24)21(8-18-11)6-5-17-12(22)9-7-15-3-4-16-9/h3-4,7-8H,5-6H2,1-2H3,(H,17,22). The van der Waals surface area contributed by atoms with Crippen LogP contribution in [-0.2, 0) is 20.6 Å². The summed E-state index contributed by atoms with van der Waals surface area (Å²) in [6.07, 6.45) is 5.75. The van der Waals surface area contributed by atoms with Crippen LogP contribution in [0.15, 0.2) is 34.5 Å². The number of amides is 1. The van der Waals surface area contributed by atoms with Gasteiger partial charge in [-0.15, -0.1) is 0 Å². The first-order valence-electron chi connectivity index (χ1n) is 7.15. The minimum Gasteiger partial charge on any atom is -0.349 e. The molecule has 3 aromatic heterocycles. The fraction of sp³-hybridized carbons (Fsp3) is 0.286. The SMILES string of the molecule is Cn1c(=O)c2c(ncn2CCNC(=O)c2cnccn2)n(C)c1=O. The predicted octanol–water partition coefficient (Wildman–Crippen LogP) is -1.35. The van der Waals surface area contributed by atoms with Crippen molar-refractivity contribution in [1.29, 1.82) is 0 Å². The average Bonchev–Trinajstić information content (AvgIpc) is 3.03. The molecule has 1 N–H and O–H groups in total. The van der Waals surface area contributed by atoms with E-state index in [2.05, 4.69) is 20.3 Å². The topological polar surface area (TPSA) is 117 Å². The van der Waals surface area contributed by atoms with E-state index < -0.39 is 11.2 Å². The van der Waals surface area contributed by atoms with Crippen LogP contribution in [0.5, 0.6) is 0 Å². The van der Waals surface area contributed by atoms with Crippen molar-refractivity contribution in [2.45, 2.75) is 6.54 Å². The van der Waals surface area contributed by atoms with Gasteiger partial charge in [-0.05, 0) is 0 Å². The summed E-state index contributed by atoms with van der Waals surface area (Å²) in [7, 11) is 2.97. The summed E-state index contributed by atoms with van der Waals surface area (Å²) in [6, 6.07) is 0. The number of nitrogens with one attached hydrogen (secondary N) is 1. The highest BCUT2D eigenvalue weighted by Gasteiger charge is 2.14. The zero-order valence-corrected chi connectivity index (χ0v) is 13.1. The number of carbonyl (C=O) groups is 1. The second kappa shape index (κ2) is 6.07. The van der Waals surface area contributed by atoms with E-state index in [9.17, 15) is 14.4 Å². The molecule has 124 valence electrons. The van der Waals surface area contributed by atoms with Crippen LogP contribution >= 0.6 is 0 Å². The van der Waals surface area contributed by atoms with Gasteiger partial charge in [0.05, 0.1) is 12.5 Å². The summed E-state index contributed by atoms with van der Waals surface area (Å²) < 4.78 is 3.94. The number of hydrogen-bond acceptors (Lipinski definition) is 6. The van der Waals surface area contributed by atoms with Crippen LogP contribution in [0.4, 0.5) is 0 Å². The third kappa shape index (κ3) is 2.57. The van der Waals surface area contributed by atoms with E-state index in [0.29, 0.717) is 17.7 Å². The molecule has 0 saturated heterocycles. The number of nitrogens with zero attached hydrogens (tertiary/aromatic N) is 6. The van der Waals surface area contributed by atoms with Gasteiger partial charge in [0.1, 0.15) is 5.69 Å². The molecule has 0 spiro atoms. The number of imidazole rings is 1. The first-order valence-corrected chi connectivity index (χ1v) is 7.15. The molecule has 10 heteroatoms.